The van der Waals surface area contributed by atoms with Gasteiger partial charge in [0.1, 0.15) is 28.5 Å². The molecule has 0 spiro atoms. The van der Waals surface area contributed by atoms with Crippen LogP contribution in [0.25, 0.3) is 0 Å². The number of rotatable bonds is 8. The Bertz CT molecular complexity index is 1520. The average molecular weight is 601 g/mol. The van der Waals surface area contributed by atoms with Crippen LogP contribution in [0.15, 0.2) is 36.5 Å². The zero-order valence-electron chi connectivity index (χ0n) is 23.5. The van der Waals surface area contributed by atoms with Crippen LogP contribution in [0, 0.1) is 5.82 Å². The van der Waals surface area contributed by atoms with Crippen LogP contribution >= 0.6 is 11.6 Å². The quantitative estimate of drug-likeness (QED) is 0.324. The van der Waals surface area contributed by atoms with Crippen LogP contribution in [-0.4, -0.2) is 65.1 Å². The van der Waals surface area contributed by atoms with Crippen molar-refractivity contribution in [1.82, 2.24) is 25.5 Å². The maximum absolute atomic E-state index is 15.2. The van der Waals surface area contributed by atoms with Crippen molar-refractivity contribution in [2.75, 3.05) is 25.5 Å². The Morgan fingerprint density at radius 3 is 2.76 bits per heavy atom. The summed E-state index contributed by atoms with van der Waals surface area (Å²) in [6.45, 7) is 6.66. The smallest absolute Gasteiger partial charge is 0.255 e. The molecular formula is C29H31ClF2N6O4. The van der Waals surface area contributed by atoms with Crippen molar-refractivity contribution >= 4 is 35.1 Å². The molecule has 1 aromatic heterocycles. The molecule has 2 aromatic carbocycles. The topological polar surface area (TPSA) is 118 Å². The van der Waals surface area contributed by atoms with Crippen LogP contribution in [0.3, 0.4) is 0 Å². The van der Waals surface area contributed by atoms with Crippen molar-refractivity contribution in [3.05, 3.63) is 64.1 Å². The van der Waals surface area contributed by atoms with E-state index < -0.39 is 23.9 Å². The Kier molecular flexibility index (Phi) is 8.46. The predicted molar refractivity (Wildman–Crippen MR) is 153 cm³/mol. The molecule has 2 amide bonds. The zero-order chi connectivity index (χ0) is 30.1. The number of halogens is 3. The molecule has 0 aliphatic carbocycles. The van der Waals surface area contributed by atoms with Gasteiger partial charge in [0.25, 0.3) is 11.8 Å². The molecule has 0 bridgehead atoms. The summed E-state index contributed by atoms with van der Waals surface area (Å²) < 4.78 is 41.2. The van der Waals surface area contributed by atoms with Crippen LogP contribution in [0.2, 0.25) is 5.02 Å². The average Bonchev–Trinajstić information content (AvgIpc) is 3.25. The first-order valence-corrected chi connectivity index (χ1v) is 13.9. The molecular weight excluding hydrogens is 570 g/mol. The lowest BCUT2D eigenvalue weighted by Crippen LogP contribution is -2.53. The lowest BCUT2D eigenvalue weighted by Gasteiger charge is -2.37. The number of alkyl halides is 1. The fourth-order valence-corrected chi connectivity index (χ4v) is 5.22. The number of nitrogens with one attached hydrogen (secondary N) is 3. The lowest BCUT2D eigenvalue weighted by molar-refractivity contribution is 0.0692. The van der Waals surface area contributed by atoms with Crippen LogP contribution in [0.1, 0.15) is 59.5 Å². The molecule has 3 heterocycles. The third kappa shape index (κ3) is 5.95. The molecule has 0 saturated carbocycles. The lowest BCUT2D eigenvalue weighted by atomic mass is 10.0. The Labute approximate surface area is 246 Å². The van der Waals surface area contributed by atoms with Crippen molar-refractivity contribution in [1.29, 1.82) is 0 Å². The third-order valence-corrected chi connectivity index (χ3v) is 7.68. The SMILES string of the molecule is COc1cc(C(=O)N[C@H]2CCN(C(C)C)C[C@H]2F)c(F)cc1Nc1ncc(Cl)c(Oc2cccc3c2C(=O)N[C@H]3C)n1. The highest BCUT2D eigenvalue weighted by atomic mass is 35.5. The molecule has 0 unspecified atom stereocenters. The van der Waals surface area contributed by atoms with Gasteiger partial charge < -0.3 is 25.4 Å². The number of amides is 2. The molecule has 0 radical (unpaired) electrons. The Balaban J connectivity index is 1.34. The number of carbonyl (C=O) groups excluding carboxylic acids is 2. The summed E-state index contributed by atoms with van der Waals surface area (Å²) in [5.41, 5.74) is 1.01. The molecule has 1 saturated heterocycles. The number of nitrogens with zero attached hydrogens (tertiary/aromatic N) is 3. The number of hydrogen-bond acceptors (Lipinski definition) is 8. The first-order valence-electron chi connectivity index (χ1n) is 13.5. The highest BCUT2D eigenvalue weighted by molar-refractivity contribution is 6.31. The highest BCUT2D eigenvalue weighted by Crippen LogP contribution is 2.37. The summed E-state index contributed by atoms with van der Waals surface area (Å²) in [6.07, 6.45) is 0.432. The second kappa shape index (κ2) is 12.1. The normalized spacial score (nSPS) is 20.2. The van der Waals surface area contributed by atoms with E-state index in [4.69, 9.17) is 21.1 Å². The number of ether oxygens (including phenoxy) is 2. The summed E-state index contributed by atoms with van der Waals surface area (Å²) in [6, 6.07) is 6.80. The van der Waals surface area contributed by atoms with Crippen molar-refractivity contribution in [3.8, 4) is 17.4 Å². The first-order chi connectivity index (χ1) is 20.0. The number of methoxy groups -OCH3 is 1. The van der Waals surface area contributed by atoms with E-state index >= 15 is 4.39 Å². The van der Waals surface area contributed by atoms with Gasteiger partial charge >= 0.3 is 0 Å². The molecule has 3 atom stereocenters. The van der Waals surface area contributed by atoms with Crippen molar-refractivity contribution in [2.45, 2.75) is 51.5 Å². The Hall–Kier alpha value is -4.03. The van der Waals surface area contributed by atoms with Gasteiger partial charge in [0, 0.05) is 25.2 Å². The van der Waals surface area contributed by atoms with Gasteiger partial charge in [-0.05, 0) is 44.9 Å². The van der Waals surface area contributed by atoms with Crippen LogP contribution < -0.4 is 25.4 Å². The number of fused-ring (bicyclic) bond motifs is 1. The van der Waals surface area contributed by atoms with Gasteiger partial charge in [-0.1, -0.05) is 23.7 Å². The molecule has 222 valence electrons. The number of hydrogen-bond donors (Lipinski definition) is 3. The van der Waals surface area contributed by atoms with Gasteiger partial charge in [0.15, 0.2) is 0 Å². The third-order valence-electron chi connectivity index (χ3n) is 7.42. The first kappa shape index (κ1) is 29.5. The molecule has 13 heteroatoms. The second-order valence-electron chi connectivity index (χ2n) is 10.5. The van der Waals surface area contributed by atoms with E-state index in [0.29, 0.717) is 18.5 Å². The highest BCUT2D eigenvalue weighted by Gasteiger charge is 2.32. The second-order valence-corrected chi connectivity index (χ2v) is 10.9. The van der Waals surface area contributed by atoms with Gasteiger partial charge in [-0.15, -0.1) is 0 Å². The van der Waals surface area contributed by atoms with E-state index in [-0.39, 0.29) is 64.1 Å². The number of benzene rings is 2. The Morgan fingerprint density at radius 2 is 2.05 bits per heavy atom. The van der Waals surface area contributed by atoms with Crippen LogP contribution in [0.4, 0.5) is 20.4 Å². The van der Waals surface area contributed by atoms with E-state index in [1.807, 2.05) is 31.7 Å². The van der Waals surface area contributed by atoms with E-state index in [9.17, 15) is 14.0 Å². The maximum Gasteiger partial charge on any atom is 0.255 e. The van der Waals surface area contributed by atoms with E-state index in [0.717, 1.165) is 11.6 Å². The summed E-state index contributed by atoms with van der Waals surface area (Å²) in [5, 5.41) is 8.39. The summed E-state index contributed by atoms with van der Waals surface area (Å²) >= 11 is 6.28. The van der Waals surface area contributed by atoms with Gasteiger partial charge in [-0.25, -0.2) is 13.8 Å². The number of likely N-dealkylation sites (tertiary alicyclic amines) is 1. The van der Waals surface area contributed by atoms with E-state index in [1.165, 1.54) is 19.4 Å². The minimum Gasteiger partial charge on any atom is -0.495 e. The van der Waals surface area contributed by atoms with Crippen molar-refractivity contribution in [2.24, 2.45) is 0 Å². The minimum atomic E-state index is -1.27. The van der Waals surface area contributed by atoms with Gasteiger partial charge in [0.2, 0.25) is 11.8 Å². The van der Waals surface area contributed by atoms with Crippen LogP contribution in [0.5, 0.6) is 17.4 Å². The zero-order valence-corrected chi connectivity index (χ0v) is 24.3. The van der Waals surface area contributed by atoms with Gasteiger partial charge in [0.05, 0.1) is 42.2 Å². The summed E-state index contributed by atoms with van der Waals surface area (Å²) in [7, 11) is 1.36. The molecule has 1 fully saturated rings. The standard InChI is InChI=1S/C29H31ClF2N6O4/c1-14(2)38-9-8-21(20(32)13-38)35-26(39)17-10-24(41-4)22(11-19(17)31)36-29-33-12-18(30)28(37-29)42-23-7-5-6-16-15(3)34-27(40)25(16)23/h5-7,10-12,14-15,20-21H,8-9,13H2,1-4H3,(H,34,40)(H,35,39)(H,33,36,37)/t15-,20+,21-/m0/s1. The van der Waals surface area contributed by atoms with Gasteiger partial charge in [-0.3, -0.25) is 14.5 Å². The molecule has 10 nitrogen and oxygen atoms in total. The van der Waals surface area contributed by atoms with E-state index in [2.05, 4.69) is 25.9 Å². The Morgan fingerprint density at radius 1 is 1.26 bits per heavy atom. The number of carbonyl (C=O) groups is 2. The molecule has 42 heavy (non-hydrogen) atoms. The molecule has 2 aliphatic heterocycles. The fraction of sp³-hybridized carbons (Fsp3) is 0.379. The maximum atomic E-state index is 15.2. The van der Waals surface area contributed by atoms with E-state index in [1.54, 1.807) is 12.1 Å². The summed E-state index contributed by atoms with van der Waals surface area (Å²) in [5.74, 6) is -1.51. The van der Waals surface area contributed by atoms with Crippen molar-refractivity contribution in [3.63, 3.8) is 0 Å². The molecule has 3 aromatic rings. The van der Waals surface area contributed by atoms with Gasteiger partial charge in [-0.2, -0.15) is 4.98 Å². The molecule has 5 rings (SSSR count). The predicted octanol–water partition coefficient (Wildman–Crippen LogP) is 5.17. The monoisotopic (exact) mass is 600 g/mol. The number of aromatic nitrogens is 2. The summed E-state index contributed by atoms with van der Waals surface area (Å²) in [4.78, 5) is 35.8. The number of anilines is 2. The fourth-order valence-electron chi connectivity index (χ4n) is 5.09. The molecule has 2 aliphatic rings. The van der Waals surface area contributed by atoms with Crippen LogP contribution in [-0.2, 0) is 0 Å². The number of piperidine rings is 1. The van der Waals surface area contributed by atoms with Crippen molar-refractivity contribution < 1.29 is 27.8 Å². The molecule has 3 N–H and O–H groups in total. The minimum absolute atomic E-state index is 0.00752. The largest absolute Gasteiger partial charge is 0.495 e.